The van der Waals surface area contributed by atoms with Crippen LogP contribution in [0, 0.1) is 10.1 Å². The van der Waals surface area contributed by atoms with Crippen LogP contribution in [0.1, 0.15) is 31.7 Å². The summed E-state index contributed by atoms with van der Waals surface area (Å²) in [4.78, 5) is 10.6. The smallest absolute Gasteiger partial charge is 0.273 e. The van der Waals surface area contributed by atoms with Crippen LogP contribution in [-0.4, -0.2) is 22.0 Å². The summed E-state index contributed by atoms with van der Waals surface area (Å²) in [5.74, 6) is 1.15. The molecule has 4 nitrogen and oxygen atoms in total. The Balaban J connectivity index is 1.94. The Morgan fingerprint density at radius 2 is 2.30 bits per heavy atom. The molecule has 1 aliphatic rings. The number of nitrogens with one attached hydrogen (secondary N) is 1. The summed E-state index contributed by atoms with van der Waals surface area (Å²) in [6, 6.07) is 5.17. The van der Waals surface area contributed by atoms with Crippen molar-refractivity contribution < 1.29 is 4.92 Å². The van der Waals surface area contributed by atoms with Crippen LogP contribution >= 0.6 is 23.4 Å². The van der Waals surface area contributed by atoms with Gasteiger partial charge in [0.05, 0.1) is 4.92 Å². The second-order valence-electron chi connectivity index (χ2n) is 5.00. The molecular weight excluding hydrogens is 296 g/mol. The van der Waals surface area contributed by atoms with Crippen molar-refractivity contribution in [1.82, 2.24) is 5.32 Å². The molecule has 1 aliphatic carbocycles. The van der Waals surface area contributed by atoms with Crippen LogP contribution in [0.15, 0.2) is 18.2 Å². The number of benzene rings is 1. The first kappa shape index (κ1) is 15.6. The van der Waals surface area contributed by atoms with Crippen LogP contribution in [0.2, 0.25) is 5.02 Å². The Kier molecular flexibility index (Phi) is 5.69. The van der Waals surface area contributed by atoms with E-state index < -0.39 is 0 Å². The average molecular weight is 315 g/mol. The summed E-state index contributed by atoms with van der Waals surface area (Å²) in [6.07, 6.45) is 3.52. The highest BCUT2D eigenvalue weighted by Gasteiger charge is 2.24. The van der Waals surface area contributed by atoms with Gasteiger partial charge in [-0.05, 0) is 37.1 Å². The normalized spacial score (nSPS) is 22.1. The zero-order valence-corrected chi connectivity index (χ0v) is 13.0. The average Bonchev–Trinajstić information content (AvgIpc) is 2.84. The first-order valence-electron chi connectivity index (χ1n) is 6.88. The molecule has 0 spiro atoms. The number of nitro benzene ring substituents is 1. The van der Waals surface area contributed by atoms with Gasteiger partial charge in [0.2, 0.25) is 0 Å². The van der Waals surface area contributed by atoms with Gasteiger partial charge in [0.15, 0.2) is 0 Å². The lowest BCUT2D eigenvalue weighted by atomic mass is 10.1. The van der Waals surface area contributed by atoms with Crippen molar-refractivity contribution in [2.75, 3.05) is 5.75 Å². The third-order valence-corrected chi connectivity index (χ3v) is 5.07. The van der Waals surface area contributed by atoms with Gasteiger partial charge in [-0.3, -0.25) is 10.1 Å². The standard InChI is InChI=1S/C14H19ClN2O2S/c1-2-20-13-5-4-12(8-13)16-9-10-7-11(15)3-6-14(10)17(18)19/h3,6-7,12-13,16H,2,4-5,8-9H2,1H3. The number of hydrogen-bond donors (Lipinski definition) is 1. The number of hydrogen-bond acceptors (Lipinski definition) is 4. The van der Waals surface area contributed by atoms with Crippen molar-refractivity contribution in [3.8, 4) is 0 Å². The maximum absolute atomic E-state index is 11.0. The molecule has 1 aromatic rings. The summed E-state index contributed by atoms with van der Waals surface area (Å²) in [5.41, 5.74) is 0.800. The Bertz CT molecular complexity index is 484. The van der Waals surface area contributed by atoms with Gasteiger partial charge in [0, 0.05) is 34.5 Å². The fraction of sp³-hybridized carbons (Fsp3) is 0.571. The van der Waals surface area contributed by atoms with Crippen LogP contribution in [-0.2, 0) is 6.54 Å². The molecule has 0 bridgehead atoms. The molecule has 1 aromatic carbocycles. The molecule has 0 radical (unpaired) electrons. The van der Waals surface area contributed by atoms with Gasteiger partial charge >= 0.3 is 0 Å². The van der Waals surface area contributed by atoms with E-state index in [4.69, 9.17) is 11.6 Å². The number of halogens is 1. The minimum absolute atomic E-state index is 0.138. The molecule has 1 saturated carbocycles. The zero-order valence-electron chi connectivity index (χ0n) is 11.5. The molecule has 0 heterocycles. The lowest BCUT2D eigenvalue weighted by Gasteiger charge is -2.13. The largest absolute Gasteiger partial charge is 0.310 e. The SMILES string of the molecule is CCSC1CCC(NCc2cc(Cl)ccc2[N+](=O)[O-])C1. The zero-order chi connectivity index (χ0) is 14.5. The maximum Gasteiger partial charge on any atom is 0.273 e. The molecular formula is C14H19ClN2O2S. The first-order chi connectivity index (χ1) is 9.60. The van der Waals surface area contributed by atoms with Crippen LogP contribution < -0.4 is 5.32 Å². The fourth-order valence-corrected chi connectivity index (χ4v) is 3.98. The Morgan fingerprint density at radius 3 is 3.00 bits per heavy atom. The third-order valence-electron chi connectivity index (χ3n) is 3.61. The van der Waals surface area contributed by atoms with Crippen molar-refractivity contribution in [3.05, 3.63) is 38.9 Å². The van der Waals surface area contributed by atoms with Crippen molar-refractivity contribution in [3.63, 3.8) is 0 Å². The van der Waals surface area contributed by atoms with E-state index in [1.54, 1.807) is 12.1 Å². The molecule has 6 heteroatoms. The first-order valence-corrected chi connectivity index (χ1v) is 8.30. The van der Waals surface area contributed by atoms with E-state index in [0.29, 0.717) is 23.2 Å². The van der Waals surface area contributed by atoms with Gasteiger partial charge in [-0.25, -0.2) is 0 Å². The molecule has 2 atom stereocenters. The molecule has 110 valence electrons. The van der Waals surface area contributed by atoms with Crippen molar-refractivity contribution in [2.24, 2.45) is 0 Å². The molecule has 2 rings (SSSR count). The third kappa shape index (κ3) is 4.11. The summed E-state index contributed by atoms with van der Waals surface area (Å²) in [6.45, 7) is 2.69. The van der Waals surface area contributed by atoms with Crippen LogP contribution in [0.25, 0.3) is 0 Å². The van der Waals surface area contributed by atoms with E-state index in [9.17, 15) is 10.1 Å². The van der Waals surface area contributed by atoms with Gasteiger partial charge in [-0.15, -0.1) is 0 Å². The molecule has 2 unspecified atom stereocenters. The lowest BCUT2D eigenvalue weighted by Crippen LogP contribution is -2.26. The predicted octanol–water partition coefficient (Wildman–Crippen LogP) is 4.01. The highest BCUT2D eigenvalue weighted by atomic mass is 35.5. The summed E-state index contributed by atoms with van der Waals surface area (Å²) in [5, 5.41) is 15.7. The van der Waals surface area contributed by atoms with Crippen molar-refractivity contribution in [2.45, 2.75) is 44.0 Å². The molecule has 0 aromatic heterocycles. The quantitative estimate of drug-likeness (QED) is 0.636. The minimum atomic E-state index is -0.349. The predicted molar refractivity (Wildman–Crippen MR) is 84.5 cm³/mol. The Hall–Kier alpha value is -0.780. The van der Waals surface area contributed by atoms with Crippen LogP contribution in [0.3, 0.4) is 0 Å². The molecule has 20 heavy (non-hydrogen) atoms. The van der Waals surface area contributed by atoms with Gasteiger partial charge in [0.1, 0.15) is 0 Å². The topological polar surface area (TPSA) is 55.2 Å². The van der Waals surface area contributed by atoms with Crippen molar-refractivity contribution in [1.29, 1.82) is 0 Å². The number of nitrogens with zero attached hydrogens (tertiary/aromatic N) is 1. The van der Waals surface area contributed by atoms with E-state index in [2.05, 4.69) is 12.2 Å². The second kappa shape index (κ2) is 7.29. The fourth-order valence-electron chi connectivity index (χ4n) is 2.64. The molecule has 0 saturated heterocycles. The molecule has 0 aliphatic heterocycles. The van der Waals surface area contributed by atoms with Crippen LogP contribution in [0.5, 0.6) is 0 Å². The highest BCUT2D eigenvalue weighted by Crippen LogP contribution is 2.30. The van der Waals surface area contributed by atoms with Gasteiger partial charge in [0.25, 0.3) is 5.69 Å². The number of thioether (sulfide) groups is 1. The summed E-state index contributed by atoms with van der Waals surface area (Å²) in [7, 11) is 0. The van der Waals surface area contributed by atoms with Crippen LogP contribution in [0.4, 0.5) is 5.69 Å². The van der Waals surface area contributed by atoms with Crippen molar-refractivity contribution >= 4 is 29.1 Å². The summed E-state index contributed by atoms with van der Waals surface area (Å²) < 4.78 is 0. The van der Waals surface area contributed by atoms with E-state index in [1.165, 1.54) is 12.5 Å². The second-order valence-corrected chi connectivity index (χ2v) is 7.01. The Morgan fingerprint density at radius 1 is 1.50 bits per heavy atom. The minimum Gasteiger partial charge on any atom is -0.310 e. The molecule has 1 fully saturated rings. The number of nitro groups is 1. The van der Waals surface area contributed by atoms with E-state index >= 15 is 0 Å². The molecule has 0 amide bonds. The van der Waals surface area contributed by atoms with E-state index in [1.807, 2.05) is 11.8 Å². The van der Waals surface area contributed by atoms with Gasteiger partial charge in [-0.2, -0.15) is 11.8 Å². The summed E-state index contributed by atoms with van der Waals surface area (Å²) >= 11 is 7.93. The van der Waals surface area contributed by atoms with E-state index in [-0.39, 0.29) is 10.6 Å². The Labute approximate surface area is 128 Å². The van der Waals surface area contributed by atoms with Gasteiger partial charge < -0.3 is 5.32 Å². The maximum atomic E-state index is 11.0. The lowest BCUT2D eigenvalue weighted by molar-refractivity contribution is -0.385. The number of rotatable bonds is 6. The van der Waals surface area contributed by atoms with E-state index in [0.717, 1.165) is 23.8 Å². The highest BCUT2D eigenvalue weighted by molar-refractivity contribution is 7.99. The monoisotopic (exact) mass is 314 g/mol. The molecule has 1 N–H and O–H groups in total. The van der Waals surface area contributed by atoms with Gasteiger partial charge in [-0.1, -0.05) is 18.5 Å².